The van der Waals surface area contributed by atoms with Crippen molar-refractivity contribution in [2.75, 3.05) is 12.0 Å². The summed E-state index contributed by atoms with van der Waals surface area (Å²) < 4.78 is 6.02. The first kappa shape index (κ1) is 14.2. The zero-order valence-electron chi connectivity index (χ0n) is 12.1. The van der Waals surface area contributed by atoms with Gasteiger partial charge < -0.3 is 10.2 Å². The van der Waals surface area contributed by atoms with Gasteiger partial charge in [-0.05, 0) is 38.5 Å². The van der Waals surface area contributed by atoms with E-state index in [9.17, 15) is 0 Å². The minimum Gasteiger partial charge on any atom is -0.367 e. The van der Waals surface area contributed by atoms with Crippen molar-refractivity contribution in [3.63, 3.8) is 0 Å². The van der Waals surface area contributed by atoms with Crippen LogP contribution in [-0.4, -0.2) is 16.6 Å². The average molecular weight is 264 g/mol. The average Bonchev–Trinajstić information content (AvgIpc) is 2.88. The topological polar surface area (TPSA) is 73.1 Å². The Bertz CT molecular complexity index is 427. The maximum Gasteiger partial charge on any atom is 0.162 e. The number of anilines is 1. The molecule has 1 heterocycles. The third-order valence-electron chi connectivity index (χ3n) is 3.72. The molecule has 0 aromatic carbocycles. The van der Waals surface area contributed by atoms with Crippen LogP contribution in [-0.2, 0) is 10.3 Å². The first-order chi connectivity index (χ1) is 9.11. The van der Waals surface area contributed by atoms with E-state index in [-0.39, 0.29) is 5.60 Å². The standard InChI is InChI=1S/C14H24N4O/c1-4-19-14(7-5-6-8-14)13-16-11(10(2)3)9-12(17-13)18-15/h9-10H,4-8,15H2,1-3H3,(H,16,17,18). The second kappa shape index (κ2) is 5.84. The van der Waals surface area contributed by atoms with E-state index in [1.54, 1.807) is 0 Å². The van der Waals surface area contributed by atoms with Crippen molar-refractivity contribution in [1.82, 2.24) is 9.97 Å². The predicted octanol–water partition coefficient (Wildman–Crippen LogP) is 2.69. The summed E-state index contributed by atoms with van der Waals surface area (Å²) in [5, 5.41) is 0. The van der Waals surface area contributed by atoms with Crippen LogP contribution >= 0.6 is 0 Å². The minimum absolute atomic E-state index is 0.314. The molecule has 0 amide bonds. The predicted molar refractivity (Wildman–Crippen MR) is 75.7 cm³/mol. The number of aromatic nitrogens is 2. The van der Waals surface area contributed by atoms with Gasteiger partial charge in [-0.15, -0.1) is 0 Å². The summed E-state index contributed by atoms with van der Waals surface area (Å²) in [5.74, 6) is 7.31. The van der Waals surface area contributed by atoms with Crippen LogP contribution in [0.1, 0.15) is 63.9 Å². The molecule has 1 aliphatic rings. The SMILES string of the molecule is CCOC1(c2nc(NN)cc(C(C)C)n2)CCCC1. The monoisotopic (exact) mass is 264 g/mol. The summed E-state index contributed by atoms with van der Waals surface area (Å²) in [4.78, 5) is 9.26. The highest BCUT2D eigenvalue weighted by molar-refractivity contribution is 5.36. The van der Waals surface area contributed by atoms with Gasteiger partial charge in [0.1, 0.15) is 11.4 Å². The molecule has 106 valence electrons. The van der Waals surface area contributed by atoms with E-state index < -0.39 is 0 Å². The normalized spacial score (nSPS) is 17.9. The summed E-state index contributed by atoms with van der Waals surface area (Å²) in [7, 11) is 0. The highest BCUT2D eigenvalue weighted by atomic mass is 16.5. The highest BCUT2D eigenvalue weighted by Crippen LogP contribution is 2.41. The van der Waals surface area contributed by atoms with Crippen molar-refractivity contribution >= 4 is 5.82 Å². The lowest BCUT2D eigenvalue weighted by atomic mass is 10.00. The fraction of sp³-hybridized carbons (Fsp3) is 0.714. The van der Waals surface area contributed by atoms with Gasteiger partial charge in [-0.25, -0.2) is 15.8 Å². The third kappa shape index (κ3) is 2.87. The summed E-state index contributed by atoms with van der Waals surface area (Å²) in [6, 6.07) is 1.91. The van der Waals surface area contributed by atoms with Crippen LogP contribution in [0.15, 0.2) is 6.07 Å². The molecule has 1 aromatic rings. The molecule has 0 atom stereocenters. The molecule has 5 nitrogen and oxygen atoms in total. The molecule has 5 heteroatoms. The summed E-state index contributed by atoms with van der Waals surface area (Å²) in [6.07, 6.45) is 4.32. The first-order valence-electron chi connectivity index (χ1n) is 7.11. The molecular weight excluding hydrogens is 240 g/mol. The fourth-order valence-corrected chi connectivity index (χ4v) is 2.69. The Morgan fingerprint density at radius 1 is 1.37 bits per heavy atom. The molecule has 1 aromatic heterocycles. The van der Waals surface area contributed by atoms with Crippen LogP contribution < -0.4 is 11.3 Å². The second-order valence-corrected chi connectivity index (χ2v) is 5.44. The van der Waals surface area contributed by atoms with Gasteiger partial charge in [0.15, 0.2) is 5.82 Å². The van der Waals surface area contributed by atoms with Crippen LogP contribution in [0.5, 0.6) is 0 Å². The van der Waals surface area contributed by atoms with Gasteiger partial charge in [0.25, 0.3) is 0 Å². The molecule has 1 fully saturated rings. The van der Waals surface area contributed by atoms with Crippen molar-refractivity contribution in [3.8, 4) is 0 Å². The van der Waals surface area contributed by atoms with Crippen LogP contribution in [0.3, 0.4) is 0 Å². The molecule has 19 heavy (non-hydrogen) atoms. The number of hydrazine groups is 1. The molecule has 0 spiro atoms. The lowest BCUT2D eigenvalue weighted by Gasteiger charge is -2.28. The Kier molecular flexibility index (Phi) is 4.37. The van der Waals surface area contributed by atoms with Gasteiger partial charge in [-0.1, -0.05) is 13.8 Å². The van der Waals surface area contributed by atoms with E-state index in [0.29, 0.717) is 18.3 Å². The lowest BCUT2D eigenvalue weighted by Crippen LogP contribution is -2.30. The lowest BCUT2D eigenvalue weighted by molar-refractivity contribution is -0.0457. The number of nitrogens with one attached hydrogen (secondary N) is 1. The Labute approximate surface area is 114 Å². The van der Waals surface area contributed by atoms with Crippen molar-refractivity contribution in [2.24, 2.45) is 5.84 Å². The first-order valence-corrected chi connectivity index (χ1v) is 7.11. The van der Waals surface area contributed by atoms with Gasteiger partial charge in [0, 0.05) is 18.4 Å². The van der Waals surface area contributed by atoms with Gasteiger partial charge >= 0.3 is 0 Å². The zero-order valence-corrected chi connectivity index (χ0v) is 12.1. The van der Waals surface area contributed by atoms with Crippen molar-refractivity contribution in [2.45, 2.75) is 58.0 Å². The smallest absolute Gasteiger partial charge is 0.162 e. The van der Waals surface area contributed by atoms with Gasteiger partial charge in [0.2, 0.25) is 0 Å². The number of nitrogen functional groups attached to an aromatic ring is 1. The molecular formula is C14H24N4O. The maximum atomic E-state index is 6.02. The minimum atomic E-state index is -0.314. The Hall–Kier alpha value is -1.20. The summed E-state index contributed by atoms with van der Waals surface area (Å²) in [6.45, 7) is 6.94. The van der Waals surface area contributed by atoms with Crippen molar-refractivity contribution in [3.05, 3.63) is 17.6 Å². The van der Waals surface area contributed by atoms with E-state index in [1.165, 1.54) is 12.8 Å². The van der Waals surface area contributed by atoms with Crippen LogP contribution in [0.2, 0.25) is 0 Å². The maximum absolute atomic E-state index is 6.02. The van der Waals surface area contributed by atoms with Gasteiger partial charge in [-0.3, -0.25) is 0 Å². The number of nitrogens with zero attached hydrogens (tertiary/aromatic N) is 2. The summed E-state index contributed by atoms with van der Waals surface area (Å²) >= 11 is 0. The van der Waals surface area contributed by atoms with E-state index >= 15 is 0 Å². The van der Waals surface area contributed by atoms with Crippen LogP contribution in [0.4, 0.5) is 5.82 Å². The molecule has 0 bridgehead atoms. The van der Waals surface area contributed by atoms with Crippen LogP contribution in [0.25, 0.3) is 0 Å². The molecule has 0 radical (unpaired) electrons. The number of nitrogens with two attached hydrogens (primary N) is 1. The zero-order chi connectivity index (χ0) is 13.9. The number of rotatable bonds is 5. The largest absolute Gasteiger partial charge is 0.367 e. The van der Waals surface area contributed by atoms with Crippen LogP contribution in [0, 0.1) is 0 Å². The molecule has 0 unspecified atom stereocenters. The van der Waals surface area contributed by atoms with E-state index in [1.807, 2.05) is 13.0 Å². The third-order valence-corrected chi connectivity index (χ3v) is 3.72. The Balaban J connectivity index is 2.43. The Morgan fingerprint density at radius 2 is 2.05 bits per heavy atom. The number of hydrogen-bond donors (Lipinski definition) is 2. The number of ether oxygens (including phenoxy) is 1. The fourth-order valence-electron chi connectivity index (χ4n) is 2.69. The second-order valence-electron chi connectivity index (χ2n) is 5.44. The quantitative estimate of drug-likeness (QED) is 0.632. The van der Waals surface area contributed by atoms with Gasteiger partial charge in [0.05, 0.1) is 0 Å². The van der Waals surface area contributed by atoms with E-state index in [4.69, 9.17) is 15.6 Å². The molecule has 0 saturated heterocycles. The van der Waals surface area contributed by atoms with E-state index in [0.717, 1.165) is 24.4 Å². The summed E-state index contributed by atoms with van der Waals surface area (Å²) in [5.41, 5.74) is 3.33. The van der Waals surface area contributed by atoms with Crippen molar-refractivity contribution < 1.29 is 4.74 Å². The molecule has 2 rings (SSSR count). The molecule has 1 aliphatic carbocycles. The number of hydrogen-bond acceptors (Lipinski definition) is 5. The Morgan fingerprint density at radius 3 is 2.58 bits per heavy atom. The van der Waals surface area contributed by atoms with E-state index in [2.05, 4.69) is 24.3 Å². The molecule has 3 N–H and O–H groups in total. The highest BCUT2D eigenvalue weighted by Gasteiger charge is 2.39. The van der Waals surface area contributed by atoms with Gasteiger partial charge in [-0.2, -0.15) is 0 Å². The molecule has 1 saturated carbocycles. The van der Waals surface area contributed by atoms with Crippen molar-refractivity contribution in [1.29, 1.82) is 0 Å². The molecule has 0 aliphatic heterocycles.